The van der Waals surface area contributed by atoms with E-state index in [0.717, 1.165) is 12.0 Å². The minimum atomic E-state index is -0.337. The topological polar surface area (TPSA) is 9.23 Å². The van der Waals surface area contributed by atoms with Crippen molar-refractivity contribution in [1.29, 1.82) is 0 Å². The zero-order valence-electron chi connectivity index (χ0n) is 10.2. The Balaban J connectivity index is 2.87. The number of halogens is 1. The minimum Gasteiger partial charge on any atom is -0.455 e. The lowest BCUT2D eigenvalue weighted by atomic mass is 10.1. The molecule has 0 aromatic heterocycles. The van der Waals surface area contributed by atoms with Crippen molar-refractivity contribution in [2.45, 2.75) is 20.3 Å². The van der Waals surface area contributed by atoms with Gasteiger partial charge in [0.15, 0.2) is 11.6 Å². The number of allylic oxidation sites excluding steroid dienone is 4. The van der Waals surface area contributed by atoms with Gasteiger partial charge in [0.25, 0.3) is 0 Å². The fourth-order valence-electron chi connectivity index (χ4n) is 1.33. The summed E-state index contributed by atoms with van der Waals surface area (Å²) in [5.41, 5.74) is 0.957. The molecule has 0 atom stereocenters. The molecule has 1 rings (SSSR count). The molecule has 0 unspecified atom stereocenters. The summed E-state index contributed by atoms with van der Waals surface area (Å²) in [7, 11) is 0. The van der Waals surface area contributed by atoms with Crippen LogP contribution >= 0.6 is 0 Å². The predicted molar refractivity (Wildman–Crippen MR) is 69.5 cm³/mol. The lowest BCUT2D eigenvalue weighted by molar-refractivity contribution is 0.410. The zero-order valence-corrected chi connectivity index (χ0v) is 10.2. The Hall–Kier alpha value is -1.83. The second kappa shape index (κ2) is 6.69. The summed E-state index contributed by atoms with van der Waals surface area (Å²) in [6.07, 6.45) is 7.70. The molecule has 0 amide bonds. The molecule has 0 radical (unpaired) electrons. The monoisotopic (exact) mass is 232 g/mol. The molecule has 0 saturated heterocycles. The summed E-state index contributed by atoms with van der Waals surface area (Å²) in [5.74, 6) is 0.493. The highest BCUT2D eigenvalue weighted by molar-refractivity contribution is 5.32. The molecule has 1 nitrogen and oxygen atoms in total. The molecule has 17 heavy (non-hydrogen) atoms. The Kier molecular flexibility index (Phi) is 5.21. The van der Waals surface area contributed by atoms with Crippen LogP contribution in [0.3, 0.4) is 0 Å². The first-order valence-electron chi connectivity index (χ1n) is 5.63. The second-order valence-electron chi connectivity index (χ2n) is 3.51. The zero-order chi connectivity index (χ0) is 12.7. The van der Waals surface area contributed by atoms with Gasteiger partial charge in [0.1, 0.15) is 5.76 Å². The smallest absolute Gasteiger partial charge is 0.165 e. The molecule has 90 valence electrons. The Morgan fingerprint density at radius 2 is 2.24 bits per heavy atom. The average molecular weight is 232 g/mol. The molecular formula is C15H17FO. The molecule has 1 aromatic rings. The van der Waals surface area contributed by atoms with Gasteiger partial charge in [-0.05, 0) is 43.2 Å². The molecule has 0 fully saturated rings. The summed E-state index contributed by atoms with van der Waals surface area (Å²) in [6, 6.07) is 5.02. The first-order chi connectivity index (χ1) is 8.21. The van der Waals surface area contributed by atoms with Crippen molar-refractivity contribution in [1.82, 2.24) is 0 Å². The highest BCUT2D eigenvalue weighted by Crippen LogP contribution is 2.21. The van der Waals surface area contributed by atoms with Gasteiger partial charge in [-0.2, -0.15) is 0 Å². The molecule has 0 aliphatic heterocycles. The van der Waals surface area contributed by atoms with Crippen molar-refractivity contribution < 1.29 is 9.13 Å². The van der Waals surface area contributed by atoms with E-state index in [4.69, 9.17) is 4.74 Å². The van der Waals surface area contributed by atoms with Crippen LogP contribution in [0.4, 0.5) is 4.39 Å². The van der Waals surface area contributed by atoms with E-state index in [9.17, 15) is 4.39 Å². The first-order valence-corrected chi connectivity index (χ1v) is 5.63. The van der Waals surface area contributed by atoms with E-state index in [0.29, 0.717) is 5.76 Å². The molecular weight excluding hydrogens is 215 g/mol. The first kappa shape index (κ1) is 13.2. The summed E-state index contributed by atoms with van der Waals surface area (Å²) in [5, 5.41) is 0. The molecule has 0 aliphatic rings. The third kappa shape index (κ3) is 3.91. The highest BCUT2D eigenvalue weighted by Gasteiger charge is 2.05. The van der Waals surface area contributed by atoms with Crippen molar-refractivity contribution in [3.63, 3.8) is 0 Å². The van der Waals surface area contributed by atoms with Crippen LogP contribution in [0.5, 0.6) is 5.75 Å². The van der Waals surface area contributed by atoms with Gasteiger partial charge in [0.05, 0.1) is 0 Å². The summed E-state index contributed by atoms with van der Waals surface area (Å²) >= 11 is 0. The summed E-state index contributed by atoms with van der Waals surface area (Å²) in [6.45, 7) is 7.39. The van der Waals surface area contributed by atoms with Crippen molar-refractivity contribution in [3.8, 4) is 5.75 Å². The average Bonchev–Trinajstić information content (AvgIpc) is 2.36. The maximum atomic E-state index is 13.7. The van der Waals surface area contributed by atoms with E-state index in [1.165, 1.54) is 6.07 Å². The van der Waals surface area contributed by atoms with Gasteiger partial charge in [-0.25, -0.2) is 4.39 Å². The maximum absolute atomic E-state index is 13.7. The van der Waals surface area contributed by atoms with Crippen molar-refractivity contribution in [2.24, 2.45) is 0 Å². The number of hydrogen-bond donors (Lipinski definition) is 0. The van der Waals surface area contributed by atoms with E-state index in [-0.39, 0.29) is 11.6 Å². The van der Waals surface area contributed by atoms with Crippen LogP contribution in [0.2, 0.25) is 0 Å². The number of hydrogen-bond acceptors (Lipinski definition) is 1. The third-order valence-corrected chi connectivity index (χ3v) is 2.31. The molecule has 0 N–H and O–H groups in total. The van der Waals surface area contributed by atoms with Crippen LogP contribution in [0.25, 0.3) is 0 Å². The standard InChI is InChI=1S/C15H17FO/c1-4-7-8-13(6-3)17-15-10-9-12(5-2)11-14(15)16/h4,6-11H,1,5H2,2-3H3/b8-7-,13-6+. The lowest BCUT2D eigenvalue weighted by Crippen LogP contribution is -1.95. The van der Waals surface area contributed by atoms with Gasteiger partial charge in [0, 0.05) is 0 Å². The van der Waals surface area contributed by atoms with Crippen LogP contribution in [-0.4, -0.2) is 0 Å². The molecule has 0 spiro atoms. The quantitative estimate of drug-likeness (QED) is 0.539. The van der Waals surface area contributed by atoms with Gasteiger partial charge in [-0.15, -0.1) is 0 Å². The molecule has 0 heterocycles. The van der Waals surface area contributed by atoms with Crippen LogP contribution in [-0.2, 0) is 6.42 Å². The minimum absolute atomic E-state index is 0.240. The van der Waals surface area contributed by atoms with Crippen molar-refractivity contribution >= 4 is 0 Å². The predicted octanol–water partition coefficient (Wildman–Crippen LogP) is 4.41. The second-order valence-corrected chi connectivity index (χ2v) is 3.51. The number of benzene rings is 1. The molecule has 0 saturated carbocycles. The Bertz CT molecular complexity index is 444. The SMILES string of the molecule is C=C/C=C\C(=C/C)Oc1ccc(CC)cc1F. The lowest BCUT2D eigenvalue weighted by Gasteiger charge is -2.08. The van der Waals surface area contributed by atoms with Gasteiger partial charge in [-0.3, -0.25) is 0 Å². The van der Waals surface area contributed by atoms with Crippen LogP contribution in [0.15, 0.2) is 54.8 Å². The van der Waals surface area contributed by atoms with Crippen molar-refractivity contribution in [2.75, 3.05) is 0 Å². The molecule has 2 heteroatoms. The summed E-state index contributed by atoms with van der Waals surface area (Å²) in [4.78, 5) is 0. The normalized spacial score (nSPS) is 11.8. The molecule has 1 aromatic carbocycles. The van der Waals surface area contributed by atoms with Gasteiger partial charge < -0.3 is 4.74 Å². The van der Waals surface area contributed by atoms with Crippen LogP contribution < -0.4 is 4.74 Å². The number of rotatable bonds is 5. The van der Waals surface area contributed by atoms with Gasteiger partial charge >= 0.3 is 0 Å². The summed E-state index contributed by atoms with van der Waals surface area (Å²) < 4.78 is 19.1. The van der Waals surface area contributed by atoms with Crippen LogP contribution in [0, 0.1) is 5.82 Å². The Morgan fingerprint density at radius 1 is 1.47 bits per heavy atom. The molecule has 0 aliphatic carbocycles. The maximum Gasteiger partial charge on any atom is 0.165 e. The number of aryl methyl sites for hydroxylation is 1. The largest absolute Gasteiger partial charge is 0.455 e. The van der Waals surface area contributed by atoms with Crippen molar-refractivity contribution in [3.05, 3.63) is 66.2 Å². The Labute approximate surface area is 102 Å². The van der Waals surface area contributed by atoms with E-state index >= 15 is 0 Å². The van der Waals surface area contributed by atoms with E-state index in [2.05, 4.69) is 6.58 Å². The van der Waals surface area contributed by atoms with E-state index in [1.54, 1.807) is 30.4 Å². The fourth-order valence-corrected chi connectivity index (χ4v) is 1.33. The van der Waals surface area contributed by atoms with E-state index in [1.807, 2.05) is 19.9 Å². The third-order valence-electron chi connectivity index (χ3n) is 2.31. The van der Waals surface area contributed by atoms with Gasteiger partial charge in [0.2, 0.25) is 0 Å². The highest BCUT2D eigenvalue weighted by atomic mass is 19.1. The van der Waals surface area contributed by atoms with Crippen LogP contribution in [0.1, 0.15) is 19.4 Å². The number of ether oxygens (including phenoxy) is 1. The van der Waals surface area contributed by atoms with Gasteiger partial charge in [-0.1, -0.05) is 31.7 Å². The molecule has 0 bridgehead atoms. The Morgan fingerprint density at radius 3 is 2.76 bits per heavy atom. The fraction of sp³-hybridized carbons (Fsp3) is 0.200. The van der Waals surface area contributed by atoms with E-state index < -0.39 is 0 Å².